The van der Waals surface area contributed by atoms with Crippen LogP contribution < -0.4 is 0 Å². The number of carboxylic acids is 1. The predicted octanol–water partition coefficient (Wildman–Crippen LogP) is 0.731. The smallest absolute Gasteiger partial charge is 0.331 e. The van der Waals surface area contributed by atoms with E-state index in [0.717, 1.165) is 31.3 Å². The van der Waals surface area contributed by atoms with Crippen LogP contribution in [-0.2, 0) is 14.3 Å². The van der Waals surface area contributed by atoms with E-state index < -0.39 is 43.3 Å². The maximum Gasteiger partial charge on any atom is 0.331 e. The van der Waals surface area contributed by atoms with E-state index in [1.165, 1.54) is 5.57 Å². The molecule has 3 rings (SSSR count). The van der Waals surface area contributed by atoms with Gasteiger partial charge in [0, 0.05) is 5.57 Å². The molecule has 0 unspecified atom stereocenters. The minimum atomic E-state index is -1.46. The first-order chi connectivity index (χ1) is 13.7. The molecule has 2 fully saturated rings. The van der Waals surface area contributed by atoms with Crippen molar-refractivity contribution in [1.82, 2.24) is 0 Å². The molecule has 7 atom stereocenters. The van der Waals surface area contributed by atoms with Gasteiger partial charge in [0.15, 0.2) is 6.29 Å². The van der Waals surface area contributed by atoms with Crippen LogP contribution in [0.2, 0.25) is 0 Å². The molecule has 0 spiro atoms. The first kappa shape index (κ1) is 22.4. The molecule has 0 aromatic heterocycles. The Morgan fingerprint density at radius 3 is 2.62 bits per heavy atom. The third kappa shape index (κ3) is 4.42. The molecule has 1 heterocycles. The minimum Gasteiger partial charge on any atom is -0.478 e. The summed E-state index contributed by atoms with van der Waals surface area (Å²) in [5.74, 6) is -0.573. The van der Waals surface area contributed by atoms with E-state index in [9.17, 15) is 30.3 Å². The standard InChI is InChI=1S/C21H32O8/c1-11(10-28-20-18(25)17(24)16(23)15(9-22)29-20)13-6-8-21(2)7-5-12(19(26)27)3-4-14(13)21/h5,14-18,20,22-25H,3-4,6-10H2,1-2H3,(H,26,27)/b13-11+/t14-,15+,16+,17-,18+,20-,21-/m0/s1. The fraction of sp³-hybridized carbons (Fsp3) is 0.762. The number of aliphatic hydroxyl groups excluding tert-OH is 4. The Bertz CT molecular complexity index is 684. The summed E-state index contributed by atoms with van der Waals surface area (Å²) >= 11 is 0. The van der Waals surface area contributed by atoms with Crippen LogP contribution in [0.1, 0.15) is 46.0 Å². The molecule has 0 bridgehead atoms. The van der Waals surface area contributed by atoms with Gasteiger partial charge in [-0.2, -0.15) is 0 Å². The van der Waals surface area contributed by atoms with Crippen molar-refractivity contribution in [2.24, 2.45) is 11.3 Å². The average molecular weight is 412 g/mol. The van der Waals surface area contributed by atoms with Gasteiger partial charge in [-0.1, -0.05) is 18.6 Å². The number of fused-ring (bicyclic) bond motifs is 1. The topological polar surface area (TPSA) is 137 Å². The molecule has 29 heavy (non-hydrogen) atoms. The summed E-state index contributed by atoms with van der Waals surface area (Å²) in [7, 11) is 0. The molecular weight excluding hydrogens is 380 g/mol. The lowest BCUT2D eigenvalue weighted by Gasteiger charge is -2.39. The number of aliphatic hydroxyl groups is 4. The summed E-state index contributed by atoms with van der Waals surface area (Å²) in [6, 6.07) is 0. The first-order valence-corrected chi connectivity index (χ1v) is 10.2. The van der Waals surface area contributed by atoms with Crippen molar-refractivity contribution in [2.75, 3.05) is 13.2 Å². The molecule has 0 radical (unpaired) electrons. The third-order valence-electron chi connectivity index (χ3n) is 6.88. The van der Waals surface area contributed by atoms with Gasteiger partial charge in [-0.15, -0.1) is 0 Å². The third-order valence-corrected chi connectivity index (χ3v) is 6.88. The number of aliphatic carboxylic acids is 1. The fourth-order valence-electron chi connectivity index (χ4n) is 4.92. The van der Waals surface area contributed by atoms with Crippen LogP contribution in [0.5, 0.6) is 0 Å². The van der Waals surface area contributed by atoms with E-state index in [4.69, 9.17) is 9.47 Å². The molecule has 2 aliphatic carbocycles. The number of carbonyl (C=O) groups is 1. The van der Waals surface area contributed by atoms with Crippen LogP contribution in [0.25, 0.3) is 0 Å². The molecule has 164 valence electrons. The van der Waals surface area contributed by atoms with Gasteiger partial charge in [0.2, 0.25) is 0 Å². The number of hydrogen-bond donors (Lipinski definition) is 5. The largest absolute Gasteiger partial charge is 0.478 e. The van der Waals surface area contributed by atoms with E-state index in [0.29, 0.717) is 12.0 Å². The van der Waals surface area contributed by atoms with Crippen LogP contribution in [0, 0.1) is 11.3 Å². The summed E-state index contributed by atoms with van der Waals surface area (Å²) in [5, 5.41) is 48.5. The summed E-state index contributed by atoms with van der Waals surface area (Å²) in [4.78, 5) is 11.4. The zero-order chi connectivity index (χ0) is 21.3. The molecule has 3 aliphatic rings. The average Bonchev–Trinajstić information content (AvgIpc) is 2.91. The van der Waals surface area contributed by atoms with Gasteiger partial charge in [-0.05, 0) is 55.9 Å². The van der Waals surface area contributed by atoms with Crippen LogP contribution in [0.4, 0.5) is 0 Å². The zero-order valence-corrected chi connectivity index (χ0v) is 17.0. The Labute approximate surface area is 170 Å². The number of hydrogen-bond acceptors (Lipinski definition) is 7. The lowest BCUT2D eigenvalue weighted by molar-refractivity contribution is -0.299. The summed E-state index contributed by atoms with van der Waals surface area (Å²) in [5.41, 5.74) is 2.78. The van der Waals surface area contributed by atoms with Gasteiger partial charge in [-0.3, -0.25) is 0 Å². The molecule has 1 saturated heterocycles. The molecule has 0 aromatic rings. The van der Waals surface area contributed by atoms with E-state index in [-0.39, 0.29) is 17.9 Å². The molecular formula is C21H32O8. The molecule has 8 heteroatoms. The van der Waals surface area contributed by atoms with Gasteiger partial charge >= 0.3 is 5.97 Å². The first-order valence-electron chi connectivity index (χ1n) is 10.2. The lowest BCUT2D eigenvalue weighted by atomic mass is 9.74. The molecule has 0 aromatic carbocycles. The Morgan fingerprint density at radius 1 is 1.24 bits per heavy atom. The fourth-order valence-corrected chi connectivity index (χ4v) is 4.92. The highest BCUT2D eigenvalue weighted by molar-refractivity contribution is 5.86. The van der Waals surface area contributed by atoms with E-state index in [2.05, 4.69) is 6.92 Å². The molecule has 0 amide bonds. The van der Waals surface area contributed by atoms with Crippen LogP contribution in [0.3, 0.4) is 0 Å². The Hall–Kier alpha value is -1.29. The Balaban J connectivity index is 1.68. The second-order valence-electron chi connectivity index (χ2n) is 8.80. The van der Waals surface area contributed by atoms with Crippen molar-refractivity contribution in [3.63, 3.8) is 0 Å². The number of allylic oxidation sites excluding steroid dienone is 2. The van der Waals surface area contributed by atoms with Crippen LogP contribution in [0.15, 0.2) is 22.8 Å². The maximum absolute atomic E-state index is 11.4. The minimum absolute atomic E-state index is 0.0247. The quantitative estimate of drug-likeness (QED) is 0.417. The summed E-state index contributed by atoms with van der Waals surface area (Å²) in [6.07, 6.45) is -0.611. The lowest BCUT2D eigenvalue weighted by Crippen LogP contribution is -2.59. The molecule has 1 saturated carbocycles. The van der Waals surface area contributed by atoms with Gasteiger partial charge in [0.25, 0.3) is 0 Å². The van der Waals surface area contributed by atoms with Crippen LogP contribution >= 0.6 is 0 Å². The molecule has 1 aliphatic heterocycles. The maximum atomic E-state index is 11.4. The monoisotopic (exact) mass is 412 g/mol. The zero-order valence-electron chi connectivity index (χ0n) is 17.0. The Kier molecular flexibility index (Phi) is 6.82. The second kappa shape index (κ2) is 8.83. The normalized spacial score (nSPS) is 42.1. The summed E-state index contributed by atoms with van der Waals surface area (Å²) in [6.45, 7) is 3.85. The van der Waals surface area contributed by atoms with Crippen molar-refractivity contribution < 1.29 is 39.8 Å². The highest BCUT2D eigenvalue weighted by atomic mass is 16.7. The number of ether oxygens (including phenoxy) is 2. The highest BCUT2D eigenvalue weighted by Gasteiger charge is 2.45. The number of rotatable bonds is 5. The molecule has 5 N–H and O–H groups in total. The van der Waals surface area contributed by atoms with Gasteiger partial charge in [-0.25, -0.2) is 4.79 Å². The van der Waals surface area contributed by atoms with Gasteiger partial charge < -0.3 is 35.0 Å². The predicted molar refractivity (Wildman–Crippen MR) is 103 cm³/mol. The van der Waals surface area contributed by atoms with Crippen molar-refractivity contribution in [3.8, 4) is 0 Å². The van der Waals surface area contributed by atoms with Crippen molar-refractivity contribution >= 4 is 5.97 Å². The van der Waals surface area contributed by atoms with E-state index in [1.54, 1.807) is 0 Å². The number of carboxylic acid groups (broad SMARTS) is 1. The second-order valence-corrected chi connectivity index (χ2v) is 8.80. The van der Waals surface area contributed by atoms with Crippen molar-refractivity contribution in [2.45, 2.75) is 76.7 Å². The van der Waals surface area contributed by atoms with Crippen molar-refractivity contribution in [3.05, 3.63) is 22.8 Å². The van der Waals surface area contributed by atoms with Gasteiger partial charge in [0.1, 0.15) is 24.4 Å². The summed E-state index contributed by atoms with van der Waals surface area (Å²) < 4.78 is 11.1. The molecule has 8 nitrogen and oxygen atoms in total. The Morgan fingerprint density at radius 2 is 1.97 bits per heavy atom. The van der Waals surface area contributed by atoms with Gasteiger partial charge in [0.05, 0.1) is 13.2 Å². The SMILES string of the molecule is C/C(CO[C@H]1O[C@H](CO)[C@@H](O)[C@H](O)[C@H]1O)=C1/CC[C@]2(C)CC=C(C(=O)O)CC[C@@H]12. The van der Waals surface area contributed by atoms with Crippen molar-refractivity contribution in [1.29, 1.82) is 0 Å². The van der Waals surface area contributed by atoms with E-state index >= 15 is 0 Å². The highest BCUT2D eigenvalue weighted by Crippen LogP contribution is 2.53. The van der Waals surface area contributed by atoms with E-state index in [1.807, 2.05) is 13.0 Å². The van der Waals surface area contributed by atoms with Crippen LogP contribution in [-0.4, -0.2) is 75.4 Å².